The van der Waals surface area contributed by atoms with Crippen LogP contribution in [0.3, 0.4) is 0 Å². The van der Waals surface area contributed by atoms with Gasteiger partial charge in [0.25, 0.3) is 0 Å². The van der Waals surface area contributed by atoms with Crippen LogP contribution in [0.25, 0.3) is 55.3 Å². The lowest BCUT2D eigenvalue weighted by Crippen LogP contribution is -2.15. The third kappa shape index (κ3) is 4.22. The van der Waals surface area contributed by atoms with Crippen molar-refractivity contribution in [3.8, 4) is 44.5 Å². The molecule has 0 heteroatoms. The first kappa shape index (κ1) is 29.7. The van der Waals surface area contributed by atoms with Crippen molar-refractivity contribution in [2.45, 2.75) is 38.0 Å². The summed E-state index contributed by atoms with van der Waals surface area (Å²) in [6, 6.07) is 62.1. The second kappa shape index (κ2) is 11.0. The monoisotopic (exact) mass is 662 g/mol. The molecule has 246 valence electrons. The third-order valence-electron chi connectivity index (χ3n) is 12.5. The molecule has 52 heavy (non-hydrogen) atoms. The summed E-state index contributed by atoms with van der Waals surface area (Å²) >= 11 is 0. The smallest absolute Gasteiger partial charge is 0.0340 e. The molecule has 11 rings (SSSR count). The van der Waals surface area contributed by atoms with Gasteiger partial charge in [-0.15, -0.1) is 0 Å². The molecule has 3 aliphatic carbocycles. The summed E-state index contributed by atoms with van der Waals surface area (Å²) in [7, 11) is 0. The predicted octanol–water partition coefficient (Wildman–Crippen LogP) is 13.1. The lowest BCUT2D eigenvalue weighted by atomic mass is 9.78. The topological polar surface area (TPSA) is 0 Å². The van der Waals surface area contributed by atoms with E-state index in [1.54, 1.807) is 0 Å². The van der Waals surface area contributed by atoms with Crippen LogP contribution < -0.4 is 0 Å². The van der Waals surface area contributed by atoms with Gasteiger partial charge in [-0.25, -0.2) is 0 Å². The summed E-state index contributed by atoms with van der Waals surface area (Å²) in [6.07, 6.45) is 1.93. The van der Waals surface area contributed by atoms with E-state index in [1.165, 1.54) is 105 Å². The summed E-state index contributed by atoms with van der Waals surface area (Å²) in [5.74, 6) is 0.121. The van der Waals surface area contributed by atoms with Gasteiger partial charge >= 0.3 is 0 Å². The van der Waals surface area contributed by atoms with Crippen molar-refractivity contribution in [1.82, 2.24) is 0 Å². The van der Waals surface area contributed by atoms with Crippen molar-refractivity contribution >= 4 is 10.8 Å². The molecule has 0 N–H and O–H groups in total. The van der Waals surface area contributed by atoms with E-state index in [-0.39, 0.29) is 11.3 Å². The van der Waals surface area contributed by atoms with Crippen LogP contribution in [0.1, 0.15) is 69.8 Å². The van der Waals surface area contributed by atoms with E-state index < -0.39 is 0 Å². The molecular formula is C52H38. The Bertz CT molecular complexity index is 2760. The molecule has 0 spiro atoms. The minimum atomic E-state index is -0.0451. The second-order valence-electron chi connectivity index (χ2n) is 15.6. The fourth-order valence-electron chi connectivity index (χ4n) is 10.0. The first-order valence-electron chi connectivity index (χ1n) is 18.7. The first-order valence-corrected chi connectivity index (χ1v) is 18.7. The highest BCUT2D eigenvalue weighted by Gasteiger charge is 2.36. The molecule has 3 aliphatic rings. The van der Waals surface area contributed by atoms with Gasteiger partial charge in [0, 0.05) is 11.3 Å². The summed E-state index contributed by atoms with van der Waals surface area (Å²) in [4.78, 5) is 0. The van der Waals surface area contributed by atoms with E-state index in [9.17, 15) is 0 Å². The van der Waals surface area contributed by atoms with Crippen molar-refractivity contribution in [2.75, 3.05) is 0 Å². The van der Waals surface area contributed by atoms with Crippen LogP contribution >= 0.6 is 0 Å². The van der Waals surface area contributed by atoms with E-state index >= 15 is 0 Å². The Labute approximate surface area is 306 Å². The largest absolute Gasteiger partial charge is 0.0622 e. The molecule has 0 radical (unpaired) electrons. The van der Waals surface area contributed by atoms with Crippen LogP contribution in [0.4, 0.5) is 0 Å². The Morgan fingerprint density at radius 1 is 0.404 bits per heavy atom. The Hall–Kier alpha value is -5.98. The maximum atomic E-state index is 2.52. The first-order chi connectivity index (χ1) is 25.5. The Balaban J connectivity index is 1.09. The minimum Gasteiger partial charge on any atom is -0.0622 e. The lowest BCUT2D eigenvalue weighted by Gasteiger charge is -2.25. The molecule has 0 aromatic heterocycles. The zero-order valence-electron chi connectivity index (χ0n) is 29.6. The van der Waals surface area contributed by atoms with Crippen LogP contribution in [0.5, 0.6) is 0 Å². The van der Waals surface area contributed by atoms with Crippen molar-refractivity contribution in [3.05, 3.63) is 214 Å². The predicted molar refractivity (Wildman–Crippen MR) is 217 cm³/mol. The molecular weight excluding hydrogens is 625 g/mol. The van der Waals surface area contributed by atoms with Gasteiger partial charge in [0.15, 0.2) is 0 Å². The minimum absolute atomic E-state index is 0.0451. The van der Waals surface area contributed by atoms with Gasteiger partial charge in [-0.3, -0.25) is 0 Å². The molecule has 8 aromatic carbocycles. The highest BCUT2D eigenvalue weighted by atomic mass is 14.4. The standard InChI is InChI=1S/C52H38/c1-52(2)48-22-11-10-19-41(48)42-26-25-37(31-49(42)52)50(32-13-4-3-5-14-32)36-24-23-35-29-47-46(44(35)30-36)28-34-16-7-9-18-39(34)51(47)43-21-12-20-40-38-17-8-6-15-33(38)27-45(40)43/h3-26,28,30-31,50H,27,29H2,1-2H3. The van der Waals surface area contributed by atoms with Crippen molar-refractivity contribution in [3.63, 3.8) is 0 Å². The van der Waals surface area contributed by atoms with E-state index in [4.69, 9.17) is 0 Å². The van der Waals surface area contributed by atoms with Crippen LogP contribution in [0, 0.1) is 0 Å². The quantitative estimate of drug-likeness (QED) is 0.165. The molecule has 1 unspecified atom stereocenters. The average Bonchev–Trinajstić information content (AvgIpc) is 3.82. The van der Waals surface area contributed by atoms with Crippen LogP contribution in [0.2, 0.25) is 0 Å². The summed E-state index contributed by atoms with van der Waals surface area (Å²) < 4.78 is 0. The van der Waals surface area contributed by atoms with Gasteiger partial charge in [-0.2, -0.15) is 0 Å². The number of rotatable bonds is 4. The molecule has 1 atom stereocenters. The summed E-state index contributed by atoms with van der Waals surface area (Å²) in [6.45, 7) is 4.77. The third-order valence-corrected chi connectivity index (χ3v) is 12.5. The highest BCUT2D eigenvalue weighted by Crippen LogP contribution is 2.52. The molecule has 0 heterocycles. The molecule has 0 bridgehead atoms. The average molecular weight is 663 g/mol. The van der Waals surface area contributed by atoms with Crippen molar-refractivity contribution in [1.29, 1.82) is 0 Å². The number of fused-ring (bicyclic) bond motifs is 10. The van der Waals surface area contributed by atoms with Gasteiger partial charge in [-0.1, -0.05) is 166 Å². The molecule has 8 aromatic rings. The maximum Gasteiger partial charge on any atom is 0.0340 e. The van der Waals surface area contributed by atoms with Gasteiger partial charge in [0.2, 0.25) is 0 Å². The van der Waals surface area contributed by atoms with Crippen LogP contribution in [0.15, 0.2) is 164 Å². The van der Waals surface area contributed by atoms with Crippen molar-refractivity contribution < 1.29 is 0 Å². The van der Waals surface area contributed by atoms with E-state index in [0.29, 0.717) is 0 Å². The lowest BCUT2D eigenvalue weighted by molar-refractivity contribution is 0.659. The number of hydrogen-bond donors (Lipinski definition) is 0. The number of benzene rings is 8. The second-order valence-corrected chi connectivity index (χ2v) is 15.6. The Morgan fingerprint density at radius 2 is 1.06 bits per heavy atom. The molecule has 0 amide bonds. The molecule has 0 fully saturated rings. The van der Waals surface area contributed by atoms with E-state index in [1.807, 2.05) is 0 Å². The van der Waals surface area contributed by atoms with Gasteiger partial charge in [0.1, 0.15) is 0 Å². The highest BCUT2D eigenvalue weighted by molar-refractivity contribution is 6.06. The Kier molecular flexibility index (Phi) is 6.29. The van der Waals surface area contributed by atoms with E-state index in [0.717, 1.165) is 12.8 Å². The molecule has 0 saturated carbocycles. The fraction of sp³-hybridized carbons (Fsp3) is 0.115. The fourth-order valence-corrected chi connectivity index (χ4v) is 10.0. The molecule has 0 aliphatic heterocycles. The number of hydrogen-bond acceptors (Lipinski definition) is 0. The van der Waals surface area contributed by atoms with Crippen LogP contribution in [-0.2, 0) is 18.3 Å². The summed E-state index contributed by atoms with van der Waals surface area (Å²) in [5.41, 5.74) is 23.7. The Morgan fingerprint density at radius 3 is 1.96 bits per heavy atom. The van der Waals surface area contributed by atoms with Gasteiger partial charge in [0.05, 0.1) is 0 Å². The molecule has 0 saturated heterocycles. The SMILES string of the molecule is CC1(C)c2ccccc2-c2ccc(C(c3ccccc3)c3ccc4c(c3)-c3cc5ccccc5c(-c5cccc6c5Cc5ccccc5-6)c3C4)cc21. The van der Waals surface area contributed by atoms with E-state index in [2.05, 4.69) is 178 Å². The zero-order chi connectivity index (χ0) is 34.6. The zero-order valence-corrected chi connectivity index (χ0v) is 29.6. The van der Waals surface area contributed by atoms with Gasteiger partial charge in [-0.05, 0) is 130 Å². The normalized spacial score (nSPS) is 14.7. The van der Waals surface area contributed by atoms with Crippen molar-refractivity contribution in [2.24, 2.45) is 0 Å². The van der Waals surface area contributed by atoms with Gasteiger partial charge < -0.3 is 0 Å². The summed E-state index contributed by atoms with van der Waals surface area (Å²) in [5, 5.41) is 2.66. The molecule has 0 nitrogen and oxygen atoms in total. The van der Waals surface area contributed by atoms with Crippen LogP contribution in [-0.4, -0.2) is 0 Å². The maximum absolute atomic E-state index is 2.52.